The van der Waals surface area contributed by atoms with Crippen molar-refractivity contribution in [2.75, 3.05) is 13.2 Å². The zero-order valence-corrected chi connectivity index (χ0v) is 11.6. The predicted octanol–water partition coefficient (Wildman–Crippen LogP) is 2.59. The van der Waals surface area contributed by atoms with E-state index >= 15 is 0 Å². The highest BCUT2D eigenvalue weighted by Gasteiger charge is 2.37. The molecule has 1 aromatic heterocycles. The summed E-state index contributed by atoms with van der Waals surface area (Å²) in [5.41, 5.74) is 1.22. The van der Waals surface area contributed by atoms with E-state index in [2.05, 4.69) is 4.98 Å². The van der Waals surface area contributed by atoms with Crippen molar-refractivity contribution in [1.82, 2.24) is 14.5 Å². The van der Waals surface area contributed by atoms with Crippen LogP contribution in [0.5, 0.6) is 0 Å². The Morgan fingerprint density at radius 3 is 2.70 bits per heavy atom. The first kappa shape index (κ1) is 12.9. The van der Waals surface area contributed by atoms with Crippen LogP contribution in [0.3, 0.4) is 0 Å². The van der Waals surface area contributed by atoms with Gasteiger partial charge in [0.2, 0.25) is 0 Å². The van der Waals surface area contributed by atoms with Crippen LogP contribution < -0.4 is 0 Å². The molecule has 1 aromatic carbocycles. The molecule has 2 aromatic rings. The Morgan fingerprint density at radius 1 is 1.30 bits per heavy atom. The molecule has 1 aliphatic rings. The third kappa shape index (κ3) is 2.20. The first-order valence-electron chi connectivity index (χ1n) is 6.63. The molecule has 0 N–H and O–H groups in total. The van der Waals surface area contributed by atoms with Gasteiger partial charge in [-0.15, -0.1) is 0 Å². The van der Waals surface area contributed by atoms with Gasteiger partial charge in [0.05, 0.1) is 12.3 Å². The second-order valence-electron chi connectivity index (χ2n) is 5.26. The highest BCUT2D eigenvalue weighted by atomic mass is 16.5. The summed E-state index contributed by atoms with van der Waals surface area (Å²) in [6.45, 7) is 4.96. The first-order valence-corrected chi connectivity index (χ1v) is 6.63. The Kier molecular flexibility index (Phi) is 3.06. The number of hydrogen-bond acceptors (Lipinski definition) is 3. The lowest BCUT2D eigenvalue weighted by Gasteiger charge is -2.29. The number of rotatable bonds is 1. The first-order chi connectivity index (χ1) is 9.58. The van der Waals surface area contributed by atoms with Gasteiger partial charge < -0.3 is 4.74 Å². The Morgan fingerprint density at radius 2 is 2.05 bits per heavy atom. The number of ether oxygens (including phenoxy) is 1. The molecular weight excluding hydrogens is 254 g/mol. The van der Waals surface area contributed by atoms with Crippen molar-refractivity contribution >= 4 is 6.03 Å². The number of carbonyl (C=O) groups is 1. The fourth-order valence-corrected chi connectivity index (χ4v) is 2.38. The van der Waals surface area contributed by atoms with E-state index in [1.165, 1.54) is 4.57 Å². The molecule has 1 amide bonds. The van der Waals surface area contributed by atoms with Crippen LogP contribution in [-0.4, -0.2) is 39.4 Å². The normalized spacial score (nSPS) is 17.4. The molecule has 0 aliphatic carbocycles. The van der Waals surface area contributed by atoms with Crippen molar-refractivity contribution in [2.24, 2.45) is 0 Å². The molecule has 0 unspecified atom stereocenters. The molecule has 20 heavy (non-hydrogen) atoms. The second-order valence-corrected chi connectivity index (χ2v) is 5.26. The molecule has 104 valence electrons. The molecule has 0 radical (unpaired) electrons. The fourth-order valence-electron chi connectivity index (χ4n) is 2.38. The molecule has 2 heterocycles. The van der Waals surface area contributed by atoms with Gasteiger partial charge in [0.1, 0.15) is 12.1 Å². The zero-order chi connectivity index (χ0) is 14.2. The van der Waals surface area contributed by atoms with Crippen molar-refractivity contribution in [3.63, 3.8) is 0 Å². The highest BCUT2D eigenvalue weighted by molar-refractivity contribution is 5.78. The van der Waals surface area contributed by atoms with E-state index in [-0.39, 0.29) is 6.03 Å². The lowest BCUT2D eigenvalue weighted by molar-refractivity contribution is -0.0305. The van der Waals surface area contributed by atoms with Gasteiger partial charge in [-0.25, -0.2) is 9.78 Å². The van der Waals surface area contributed by atoms with Crippen LogP contribution in [0.25, 0.3) is 11.3 Å². The third-order valence-corrected chi connectivity index (χ3v) is 3.52. The summed E-state index contributed by atoms with van der Waals surface area (Å²) in [5.74, 6) is 0. The maximum Gasteiger partial charge on any atom is 0.331 e. The van der Waals surface area contributed by atoms with Gasteiger partial charge in [-0.3, -0.25) is 9.47 Å². The van der Waals surface area contributed by atoms with Gasteiger partial charge in [0.15, 0.2) is 0 Å². The summed E-state index contributed by atoms with van der Waals surface area (Å²) in [4.78, 5) is 18.5. The maximum absolute atomic E-state index is 12.5. The standard InChI is InChI=1S/C15H17N3O2/c1-15(2)18(8-9-20-15)14(19)17-10-13(16-11-17)12-6-4-3-5-7-12/h3-7,10-11H,8-9H2,1-2H3. The SMILES string of the molecule is CC1(C)OCCN1C(=O)n1cnc(-c2ccccc2)c1. The minimum Gasteiger partial charge on any atom is -0.354 e. The predicted molar refractivity (Wildman–Crippen MR) is 75.2 cm³/mol. The monoisotopic (exact) mass is 271 g/mol. The Hall–Kier alpha value is -2.14. The summed E-state index contributed by atoms with van der Waals surface area (Å²) < 4.78 is 7.07. The number of benzene rings is 1. The zero-order valence-electron chi connectivity index (χ0n) is 11.6. The Labute approximate surface area is 117 Å². The number of aromatic nitrogens is 2. The summed E-state index contributed by atoms with van der Waals surface area (Å²) in [6.07, 6.45) is 3.31. The number of carbonyl (C=O) groups excluding carboxylic acids is 1. The molecule has 5 nitrogen and oxygen atoms in total. The molecule has 5 heteroatoms. The minimum atomic E-state index is -0.561. The van der Waals surface area contributed by atoms with Crippen LogP contribution in [0.15, 0.2) is 42.9 Å². The summed E-state index contributed by atoms with van der Waals surface area (Å²) in [7, 11) is 0. The molecule has 0 spiro atoms. The van der Waals surface area contributed by atoms with Gasteiger partial charge in [-0.05, 0) is 13.8 Å². The second kappa shape index (κ2) is 4.76. The number of amides is 1. The fraction of sp³-hybridized carbons (Fsp3) is 0.333. The molecule has 1 saturated heterocycles. The highest BCUT2D eigenvalue weighted by Crippen LogP contribution is 2.24. The molecule has 0 bridgehead atoms. The van der Waals surface area contributed by atoms with Crippen molar-refractivity contribution in [2.45, 2.75) is 19.6 Å². The number of nitrogens with zero attached hydrogens (tertiary/aromatic N) is 3. The van der Waals surface area contributed by atoms with Crippen molar-refractivity contribution in [3.8, 4) is 11.3 Å². The van der Waals surface area contributed by atoms with E-state index in [1.807, 2.05) is 44.2 Å². The topological polar surface area (TPSA) is 47.4 Å². The average Bonchev–Trinajstić information content (AvgIpc) is 3.05. The molecular formula is C15H17N3O2. The summed E-state index contributed by atoms with van der Waals surface area (Å²) in [5, 5.41) is 0. The van der Waals surface area contributed by atoms with Crippen molar-refractivity contribution in [1.29, 1.82) is 0 Å². The Balaban J connectivity index is 1.86. The largest absolute Gasteiger partial charge is 0.354 e. The quantitative estimate of drug-likeness (QED) is 0.801. The third-order valence-electron chi connectivity index (χ3n) is 3.52. The van der Waals surface area contributed by atoms with E-state index in [1.54, 1.807) is 17.4 Å². The van der Waals surface area contributed by atoms with Gasteiger partial charge in [-0.2, -0.15) is 0 Å². The van der Waals surface area contributed by atoms with Gasteiger partial charge in [0, 0.05) is 18.3 Å². The van der Waals surface area contributed by atoms with Crippen LogP contribution in [-0.2, 0) is 4.74 Å². The molecule has 0 saturated carbocycles. The lowest BCUT2D eigenvalue weighted by Crippen LogP contribution is -2.45. The van der Waals surface area contributed by atoms with Crippen LogP contribution in [0.4, 0.5) is 4.79 Å². The molecule has 0 atom stereocenters. The van der Waals surface area contributed by atoms with Gasteiger partial charge in [0.25, 0.3) is 0 Å². The van der Waals surface area contributed by atoms with E-state index in [0.717, 1.165) is 11.3 Å². The van der Waals surface area contributed by atoms with Crippen LogP contribution in [0.1, 0.15) is 13.8 Å². The van der Waals surface area contributed by atoms with Crippen LogP contribution in [0.2, 0.25) is 0 Å². The number of imidazole rings is 1. The summed E-state index contributed by atoms with van der Waals surface area (Å²) in [6, 6.07) is 9.69. The molecule has 3 rings (SSSR count). The van der Waals surface area contributed by atoms with E-state index in [0.29, 0.717) is 13.2 Å². The van der Waals surface area contributed by atoms with Gasteiger partial charge in [-0.1, -0.05) is 30.3 Å². The van der Waals surface area contributed by atoms with Crippen LogP contribution >= 0.6 is 0 Å². The van der Waals surface area contributed by atoms with Crippen molar-refractivity contribution in [3.05, 3.63) is 42.9 Å². The van der Waals surface area contributed by atoms with Crippen LogP contribution in [0, 0.1) is 0 Å². The lowest BCUT2D eigenvalue weighted by atomic mass is 10.2. The molecule has 1 aliphatic heterocycles. The van der Waals surface area contributed by atoms with Crippen molar-refractivity contribution < 1.29 is 9.53 Å². The maximum atomic E-state index is 12.5. The van der Waals surface area contributed by atoms with E-state index in [9.17, 15) is 4.79 Å². The molecule has 1 fully saturated rings. The van der Waals surface area contributed by atoms with E-state index in [4.69, 9.17) is 4.74 Å². The Bertz CT molecular complexity index is 619. The number of hydrogen-bond donors (Lipinski definition) is 0. The van der Waals surface area contributed by atoms with E-state index < -0.39 is 5.72 Å². The average molecular weight is 271 g/mol. The van der Waals surface area contributed by atoms with Gasteiger partial charge >= 0.3 is 6.03 Å². The smallest absolute Gasteiger partial charge is 0.331 e. The minimum absolute atomic E-state index is 0.109. The summed E-state index contributed by atoms with van der Waals surface area (Å²) >= 11 is 0.